The summed E-state index contributed by atoms with van der Waals surface area (Å²) >= 11 is 8.46. The predicted octanol–water partition coefficient (Wildman–Crippen LogP) is 4.04. The summed E-state index contributed by atoms with van der Waals surface area (Å²) in [5, 5.41) is 0.581. The highest BCUT2D eigenvalue weighted by molar-refractivity contribution is 14.1. The van der Waals surface area contributed by atoms with Crippen LogP contribution in [0.1, 0.15) is 44.6 Å². The highest BCUT2D eigenvalue weighted by Gasteiger charge is 2.18. The topological polar surface area (TPSA) is 35.0 Å². The van der Waals surface area contributed by atoms with Crippen molar-refractivity contribution in [3.63, 3.8) is 0 Å². The summed E-state index contributed by atoms with van der Waals surface area (Å²) < 4.78 is 6.74. The van der Waals surface area contributed by atoms with Crippen LogP contribution < -0.4 is 0 Å². The second kappa shape index (κ2) is 7.18. The quantitative estimate of drug-likeness (QED) is 0.571. The van der Waals surface area contributed by atoms with E-state index in [4.69, 9.17) is 16.3 Å². The van der Waals surface area contributed by atoms with Crippen LogP contribution in [-0.2, 0) is 17.6 Å². The Morgan fingerprint density at radius 1 is 1.37 bits per heavy atom. The van der Waals surface area contributed by atoms with E-state index in [1.807, 2.05) is 0 Å². The Bertz CT molecular complexity index is 434. The van der Waals surface area contributed by atoms with E-state index in [2.05, 4.69) is 46.4 Å². The van der Waals surface area contributed by atoms with Crippen LogP contribution in [0.2, 0.25) is 5.15 Å². The van der Waals surface area contributed by atoms with Gasteiger partial charge in [0.25, 0.3) is 0 Å². The van der Waals surface area contributed by atoms with E-state index >= 15 is 0 Å². The maximum Gasteiger partial charge on any atom is 0.146 e. The van der Waals surface area contributed by atoms with Gasteiger partial charge in [0.05, 0.1) is 15.4 Å². The summed E-state index contributed by atoms with van der Waals surface area (Å²) in [7, 11) is 0. The van der Waals surface area contributed by atoms with Crippen LogP contribution in [-0.4, -0.2) is 22.7 Å². The monoisotopic (exact) mass is 394 g/mol. The average Bonchev–Trinajstić information content (AvgIpc) is 2.36. The molecule has 3 nitrogen and oxygen atoms in total. The van der Waals surface area contributed by atoms with Crippen molar-refractivity contribution in [2.45, 2.75) is 52.1 Å². The highest BCUT2D eigenvalue weighted by Crippen LogP contribution is 2.23. The van der Waals surface area contributed by atoms with E-state index in [-0.39, 0.29) is 6.10 Å². The molecule has 0 radical (unpaired) electrons. The lowest BCUT2D eigenvalue weighted by Gasteiger charge is -2.22. The van der Waals surface area contributed by atoms with E-state index in [0.29, 0.717) is 11.1 Å². The summed E-state index contributed by atoms with van der Waals surface area (Å²) in [5.41, 5.74) is 1.07. The van der Waals surface area contributed by atoms with Crippen LogP contribution >= 0.6 is 34.2 Å². The van der Waals surface area contributed by atoms with Crippen LogP contribution in [0.15, 0.2) is 0 Å². The molecule has 1 unspecified atom stereocenters. The van der Waals surface area contributed by atoms with Gasteiger partial charge in [0, 0.05) is 13.0 Å². The fourth-order valence-electron chi connectivity index (χ4n) is 2.30. The summed E-state index contributed by atoms with van der Waals surface area (Å²) in [5.74, 6) is 1.39. The van der Waals surface area contributed by atoms with Crippen molar-refractivity contribution in [1.29, 1.82) is 0 Å². The third-order valence-electron chi connectivity index (χ3n) is 3.21. The number of aromatic nitrogens is 2. The van der Waals surface area contributed by atoms with Gasteiger partial charge in [-0.25, -0.2) is 9.97 Å². The van der Waals surface area contributed by atoms with E-state index in [0.717, 1.165) is 41.0 Å². The van der Waals surface area contributed by atoms with Crippen molar-refractivity contribution in [3.8, 4) is 0 Å². The fraction of sp³-hybridized carbons (Fsp3) is 0.714. The number of nitrogens with zero attached hydrogens (tertiary/aromatic N) is 2. The Kier molecular flexibility index (Phi) is 5.84. The van der Waals surface area contributed by atoms with E-state index < -0.39 is 0 Å². The molecule has 1 aromatic rings. The molecule has 0 spiro atoms. The maximum absolute atomic E-state index is 6.22. The molecule has 0 bridgehead atoms. The Morgan fingerprint density at radius 3 is 2.79 bits per heavy atom. The van der Waals surface area contributed by atoms with Gasteiger partial charge >= 0.3 is 0 Å². The molecule has 106 valence electrons. The predicted molar refractivity (Wildman–Crippen MR) is 85.6 cm³/mol. The van der Waals surface area contributed by atoms with Crippen LogP contribution in [0, 0.1) is 9.49 Å². The molecular weight excluding hydrogens is 375 g/mol. The van der Waals surface area contributed by atoms with Gasteiger partial charge in [-0.1, -0.05) is 25.4 Å². The van der Waals surface area contributed by atoms with Crippen LogP contribution in [0.5, 0.6) is 0 Å². The lowest BCUT2D eigenvalue weighted by molar-refractivity contribution is 0.0156. The molecule has 5 heteroatoms. The van der Waals surface area contributed by atoms with Crippen molar-refractivity contribution >= 4 is 34.2 Å². The fourth-order valence-corrected chi connectivity index (χ4v) is 2.96. The lowest BCUT2D eigenvalue weighted by atomic mass is 10.1. The molecule has 0 saturated carbocycles. The number of rotatable bonds is 4. The molecule has 1 fully saturated rings. The Hall–Kier alpha value is 0.0600. The van der Waals surface area contributed by atoms with Crippen molar-refractivity contribution in [1.82, 2.24) is 9.97 Å². The first kappa shape index (κ1) is 15.4. The largest absolute Gasteiger partial charge is 0.378 e. The Morgan fingerprint density at radius 2 is 2.16 bits per heavy atom. The molecule has 0 aromatic carbocycles. The minimum absolute atomic E-state index is 0.261. The van der Waals surface area contributed by atoms with E-state index in [1.165, 1.54) is 12.8 Å². The standard InChI is InChI=1S/C14H20ClIN2O/c1-9(2)7-11-13(16)14(15)18-12(17-11)8-10-5-3-4-6-19-10/h9-10H,3-8H2,1-2H3. The number of halogens is 2. The van der Waals surface area contributed by atoms with Crippen molar-refractivity contribution < 1.29 is 4.74 Å². The summed E-state index contributed by atoms with van der Waals surface area (Å²) in [4.78, 5) is 9.09. The molecule has 1 saturated heterocycles. The summed E-state index contributed by atoms with van der Waals surface area (Å²) in [6.45, 7) is 5.24. The van der Waals surface area contributed by atoms with Gasteiger partial charge in [-0.15, -0.1) is 0 Å². The molecule has 1 aliphatic rings. The molecule has 19 heavy (non-hydrogen) atoms. The Labute approximate surface area is 133 Å². The van der Waals surface area contributed by atoms with Crippen molar-refractivity contribution in [2.24, 2.45) is 5.92 Å². The molecule has 1 aliphatic heterocycles. The average molecular weight is 395 g/mol. The lowest BCUT2D eigenvalue weighted by Crippen LogP contribution is -2.23. The summed E-state index contributed by atoms with van der Waals surface area (Å²) in [6.07, 6.45) is 5.50. The second-order valence-electron chi connectivity index (χ2n) is 5.48. The van der Waals surface area contributed by atoms with Crippen LogP contribution in [0.25, 0.3) is 0 Å². The normalized spacial score (nSPS) is 19.9. The molecule has 0 amide bonds. The second-order valence-corrected chi connectivity index (χ2v) is 6.92. The zero-order valence-electron chi connectivity index (χ0n) is 11.5. The first-order valence-electron chi connectivity index (χ1n) is 6.88. The van der Waals surface area contributed by atoms with Crippen LogP contribution in [0.4, 0.5) is 0 Å². The van der Waals surface area contributed by atoms with Crippen LogP contribution in [0.3, 0.4) is 0 Å². The van der Waals surface area contributed by atoms with Gasteiger partial charge < -0.3 is 4.74 Å². The Balaban J connectivity index is 2.13. The molecule has 0 N–H and O–H groups in total. The molecule has 2 heterocycles. The zero-order valence-corrected chi connectivity index (χ0v) is 14.4. The highest BCUT2D eigenvalue weighted by atomic mass is 127. The van der Waals surface area contributed by atoms with E-state index in [9.17, 15) is 0 Å². The van der Waals surface area contributed by atoms with Gasteiger partial charge in [0.2, 0.25) is 0 Å². The van der Waals surface area contributed by atoms with E-state index in [1.54, 1.807) is 0 Å². The zero-order chi connectivity index (χ0) is 13.8. The minimum Gasteiger partial charge on any atom is -0.378 e. The smallest absolute Gasteiger partial charge is 0.146 e. The van der Waals surface area contributed by atoms with Gasteiger partial charge in [0.15, 0.2) is 0 Å². The number of hydrogen-bond acceptors (Lipinski definition) is 3. The van der Waals surface area contributed by atoms with Gasteiger partial charge in [-0.05, 0) is 54.2 Å². The van der Waals surface area contributed by atoms with Gasteiger partial charge in [0.1, 0.15) is 11.0 Å². The SMILES string of the molecule is CC(C)Cc1nc(CC2CCCCO2)nc(Cl)c1I. The third-order valence-corrected chi connectivity index (χ3v) is 4.94. The minimum atomic E-state index is 0.261. The molecular formula is C14H20ClIN2O. The summed E-state index contributed by atoms with van der Waals surface area (Å²) in [6, 6.07) is 0. The third kappa shape index (κ3) is 4.53. The maximum atomic E-state index is 6.22. The van der Waals surface area contributed by atoms with Crippen molar-refractivity contribution in [3.05, 3.63) is 20.2 Å². The first-order chi connectivity index (χ1) is 9.06. The van der Waals surface area contributed by atoms with Crippen molar-refractivity contribution in [2.75, 3.05) is 6.61 Å². The molecule has 1 atom stereocenters. The molecule has 0 aliphatic carbocycles. The number of ether oxygens (including phenoxy) is 1. The molecule has 2 rings (SSSR count). The first-order valence-corrected chi connectivity index (χ1v) is 8.34. The number of hydrogen-bond donors (Lipinski definition) is 0. The molecule has 1 aromatic heterocycles. The van der Waals surface area contributed by atoms with Gasteiger partial charge in [-0.2, -0.15) is 0 Å². The van der Waals surface area contributed by atoms with Gasteiger partial charge in [-0.3, -0.25) is 0 Å².